The predicted octanol–water partition coefficient (Wildman–Crippen LogP) is 3.27. The second-order valence-corrected chi connectivity index (χ2v) is 4.01. The highest BCUT2D eigenvalue weighted by atomic mass is 35.5. The number of benzene rings is 1. The first-order chi connectivity index (χ1) is 7.66. The standard InChI is InChI=1S/C12H12ClN3/c1-8(2)7-14-11-9-5-3-4-6-10(9)15-12(13)16-11/h3-6H,1,7H2,2H3,(H,14,15,16). The number of halogens is 1. The van der Waals surface area contributed by atoms with Crippen LogP contribution in [0.15, 0.2) is 36.4 Å². The van der Waals surface area contributed by atoms with Gasteiger partial charge in [-0.15, -0.1) is 0 Å². The Kier molecular flexibility index (Phi) is 3.06. The van der Waals surface area contributed by atoms with Gasteiger partial charge < -0.3 is 5.32 Å². The molecule has 16 heavy (non-hydrogen) atoms. The van der Waals surface area contributed by atoms with Crippen molar-refractivity contribution in [3.63, 3.8) is 0 Å². The maximum atomic E-state index is 5.85. The van der Waals surface area contributed by atoms with Gasteiger partial charge >= 0.3 is 0 Å². The van der Waals surface area contributed by atoms with Crippen LogP contribution in [0.3, 0.4) is 0 Å². The van der Waals surface area contributed by atoms with E-state index in [2.05, 4.69) is 21.9 Å². The van der Waals surface area contributed by atoms with E-state index in [4.69, 9.17) is 11.6 Å². The van der Waals surface area contributed by atoms with E-state index in [9.17, 15) is 0 Å². The second-order valence-electron chi connectivity index (χ2n) is 3.67. The molecule has 3 nitrogen and oxygen atoms in total. The molecule has 0 aliphatic heterocycles. The van der Waals surface area contributed by atoms with Crippen LogP contribution in [0.5, 0.6) is 0 Å². The van der Waals surface area contributed by atoms with Crippen molar-refractivity contribution < 1.29 is 0 Å². The Morgan fingerprint density at radius 2 is 2.12 bits per heavy atom. The number of para-hydroxylation sites is 1. The van der Waals surface area contributed by atoms with Gasteiger partial charge in [-0.1, -0.05) is 24.3 Å². The summed E-state index contributed by atoms with van der Waals surface area (Å²) in [5.74, 6) is 0.749. The van der Waals surface area contributed by atoms with Gasteiger partial charge in [-0.3, -0.25) is 0 Å². The highest BCUT2D eigenvalue weighted by molar-refractivity contribution is 6.28. The predicted molar refractivity (Wildman–Crippen MR) is 67.9 cm³/mol. The molecule has 1 aromatic carbocycles. The van der Waals surface area contributed by atoms with Crippen LogP contribution >= 0.6 is 11.6 Å². The molecule has 1 heterocycles. The fourth-order valence-electron chi connectivity index (χ4n) is 1.42. The Morgan fingerprint density at radius 3 is 2.88 bits per heavy atom. The van der Waals surface area contributed by atoms with Crippen LogP contribution in [0.1, 0.15) is 6.92 Å². The van der Waals surface area contributed by atoms with Crippen molar-refractivity contribution in [3.8, 4) is 0 Å². The van der Waals surface area contributed by atoms with Gasteiger partial charge in [-0.2, -0.15) is 0 Å². The smallest absolute Gasteiger partial charge is 0.224 e. The maximum absolute atomic E-state index is 5.85. The lowest BCUT2D eigenvalue weighted by Gasteiger charge is -2.08. The molecule has 1 aromatic heterocycles. The van der Waals surface area contributed by atoms with Gasteiger partial charge in [0.25, 0.3) is 0 Å². The molecule has 0 aliphatic rings. The molecule has 1 N–H and O–H groups in total. The van der Waals surface area contributed by atoms with Gasteiger partial charge in [0.15, 0.2) is 0 Å². The molecule has 0 atom stereocenters. The van der Waals surface area contributed by atoms with Crippen molar-refractivity contribution in [1.29, 1.82) is 0 Å². The van der Waals surface area contributed by atoms with Crippen LogP contribution in [0.2, 0.25) is 5.28 Å². The highest BCUT2D eigenvalue weighted by Gasteiger charge is 2.04. The summed E-state index contributed by atoms with van der Waals surface area (Å²) in [6, 6.07) is 7.75. The summed E-state index contributed by atoms with van der Waals surface area (Å²) in [7, 11) is 0. The lowest BCUT2D eigenvalue weighted by molar-refractivity contribution is 1.15. The molecule has 4 heteroatoms. The average Bonchev–Trinajstić information content (AvgIpc) is 2.25. The summed E-state index contributed by atoms with van der Waals surface area (Å²) in [6.07, 6.45) is 0. The van der Waals surface area contributed by atoms with Crippen molar-refractivity contribution in [2.75, 3.05) is 11.9 Å². The lowest BCUT2D eigenvalue weighted by Crippen LogP contribution is -2.05. The van der Waals surface area contributed by atoms with Crippen molar-refractivity contribution >= 4 is 28.3 Å². The van der Waals surface area contributed by atoms with E-state index >= 15 is 0 Å². The summed E-state index contributed by atoms with van der Waals surface area (Å²) >= 11 is 5.85. The molecule has 0 saturated carbocycles. The van der Waals surface area contributed by atoms with Gasteiger partial charge in [0.2, 0.25) is 5.28 Å². The van der Waals surface area contributed by atoms with E-state index in [1.807, 2.05) is 31.2 Å². The Balaban J connectivity index is 2.46. The molecule has 0 amide bonds. The van der Waals surface area contributed by atoms with Gasteiger partial charge in [-0.05, 0) is 30.7 Å². The number of fused-ring (bicyclic) bond motifs is 1. The summed E-state index contributed by atoms with van der Waals surface area (Å²) < 4.78 is 0. The van der Waals surface area contributed by atoms with E-state index in [1.54, 1.807) is 0 Å². The monoisotopic (exact) mass is 233 g/mol. The average molecular weight is 234 g/mol. The first kappa shape index (κ1) is 10.9. The van der Waals surface area contributed by atoms with E-state index in [0.717, 1.165) is 22.3 Å². The maximum Gasteiger partial charge on any atom is 0.224 e. The molecule has 0 fully saturated rings. The number of anilines is 1. The quantitative estimate of drug-likeness (QED) is 0.653. The molecule has 0 radical (unpaired) electrons. The first-order valence-electron chi connectivity index (χ1n) is 4.97. The molecule has 2 aromatic rings. The number of aromatic nitrogens is 2. The van der Waals surface area contributed by atoms with Crippen molar-refractivity contribution in [2.45, 2.75) is 6.92 Å². The van der Waals surface area contributed by atoms with E-state index < -0.39 is 0 Å². The molecule has 0 spiro atoms. The number of hydrogen-bond acceptors (Lipinski definition) is 3. The van der Waals surface area contributed by atoms with Crippen molar-refractivity contribution in [2.24, 2.45) is 0 Å². The van der Waals surface area contributed by atoms with Gasteiger partial charge in [0, 0.05) is 11.9 Å². The SMILES string of the molecule is C=C(C)CNc1nc(Cl)nc2ccccc12. The molecule has 0 aliphatic carbocycles. The van der Waals surface area contributed by atoms with Crippen molar-refractivity contribution in [1.82, 2.24) is 9.97 Å². The number of nitrogens with zero attached hydrogens (tertiary/aromatic N) is 2. The van der Waals surface area contributed by atoms with E-state index in [-0.39, 0.29) is 5.28 Å². The minimum absolute atomic E-state index is 0.253. The third kappa shape index (κ3) is 2.31. The fraction of sp³-hybridized carbons (Fsp3) is 0.167. The van der Waals surface area contributed by atoms with Gasteiger partial charge in [0.1, 0.15) is 5.82 Å². The summed E-state index contributed by atoms with van der Waals surface area (Å²) in [6.45, 7) is 6.47. The summed E-state index contributed by atoms with van der Waals surface area (Å²) in [5.41, 5.74) is 1.88. The van der Waals surface area contributed by atoms with Gasteiger partial charge in [0.05, 0.1) is 5.52 Å². The normalized spacial score (nSPS) is 10.4. The Morgan fingerprint density at radius 1 is 1.38 bits per heavy atom. The summed E-state index contributed by atoms with van der Waals surface area (Å²) in [5, 5.41) is 4.41. The molecule has 0 bridgehead atoms. The minimum atomic E-state index is 0.253. The van der Waals surface area contributed by atoms with Crippen LogP contribution in [-0.2, 0) is 0 Å². The van der Waals surface area contributed by atoms with Crippen LogP contribution < -0.4 is 5.32 Å². The first-order valence-corrected chi connectivity index (χ1v) is 5.35. The zero-order valence-corrected chi connectivity index (χ0v) is 9.75. The third-order valence-electron chi connectivity index (χ3n) is 2.13. The zero-order chi connectivity index (χ0) is 11.5. The Bertz CT molecular complexity index is 537. The van der Waals surface area contributed by atoms with E-state index in [0.29, 0.717) is 6.54 Å². The van der Waals surface area contributed by atoms with Gasteiger partial charge in [-0.25, -0.2) is 9.97 Å². The fourth-order valence-corrected chi connectivity index (χ4v) is 1.59. The highest BCUT2D eigenvalue weighted by Crippen LogP contribution is 2.21. The number of hydrogen-bond donors (Lipinski definition) is 1. The second kappa shape index (κ2) is 4.49. The van der Waals surface area contributed by atoms with E-state index in [1.165, 1.54) is 0 Å². The summed E-state index contributed by atoms with van der Waals surface area (Å²) in [4.78, 5) is 8.33. The Labute approximate surface area is 99.2 Å². The molecule has 0 saturated heterocycles. The zero-order valence-electron chi connectivity index (χ0n) is 9.00. The number of rotatable bonds is 3. The van der Waals surface area contributed by atoms with Crippen LogP contribution in [0.4, 0.5) is 5.82 Å². The van der Waals surface area contributed by atoms with Crippen LogP contribution in [-0.4, -0.2) is 16.5 Å². The minimum Gasteiger partial charge on any atom is -0.366 e. The van der Waals surface area contributed by atoms with Crippen LogP contribution in [0, 0.1) is 0 Å². The molecule has 82 valence electrons. The largest absolute Gasteiger partial charge is 0.366 e. The van der Waals surface area contributed by atoms with Crippen LogP contribution in [0.25, 0.3) is 10.9 Å². The lowest BCUT2D eigenvalue weighted by atomic mass is 10.2. The topological polar surface area (TPSA) is 37.8 Å². The Hall–Kier alpha value is -1.61. The molecule has 0 unspecified atom stereocenters. The number of nitrogens with one attached hydrogen (secondary N) is 1. The molecular weight excluding hydrogens is 222 g/mol. The third-order valence-corrected chi connectivity index (χ3v) is 2.30. The molecular formula is C12H12ClN3. The van der Waals surface area contributed by atoms with Crippen molar-refractivity contribution in [3.05, 3.63) is 41.7 Å². The molecule has 2 rings (SSSR count).